The van der Waals surface area contributed by atoms with Crippen molar-refractivity contribution in [1.82, 2.24) is 5.32 Å². The Morgan fingerprint density at radius 3 is 2.35 bits per heavy atom. The summed E-state index contributed by atoms with van der Waals surface area (Å²) in [6.45, 7) is 6.31. The fourth-order valence-corrected chi connectivity index (χ4v) is 1.73. The molecule has 0 aliphatic heterocycles. The van der Waals surface area contributed by atoms with E-state index in [-0.39, 0.29) is 12.3 Å². The van der Waals surface area contributed by atoms with Crippen LogP contribution in [0, 0.1) is 5.92 Å². The van der Waals surface area contributed by atoms with Gasteiger partial charge in [0, 0.05) is 18.4 Å². The van der Waals surface area contributed by atoms with E-state index in [0.717, 1.165) is 12.8 Å². The summed E-state index contributed by atoms with van der Waals surface area (Å²) in [4.78, 5) is 22.5. The van der Waals surface area contributed by atoms with Crippen molar-refractivity contribution >= 4 is 11.8 Å². The summed E-state index contributed by atoms with van der Waals surface area (Å²) in [6.07, 6.45) is 2.36. The van der Waals surface area contributed by atoms with E-state index in [1.165, 1.54) is 0 Å². The number of primary amides is 1. The predicted octanol–water partition coefficient (Wildman–Crippen LogP) is 0.522. The second-order valence-corrected chi connectivity index (χ2v) is 5.30. The summed E-state index contributed by atoms with van der Waals surface area (Å²) in [5.74, 6) is -0.00285. The molecule has 0 rings (SSSR count). The van der Waals surface area contributed by atoms with E-state index in [2.05, 4.69) is 12.2 Å². The van der Waals surface area contributed by atoms with Gasteiger partial charge in [-0.2, -0.15) is 0 Å². The average molecular weight is 243 g/mol. The molecule has 0 aromatic rings. The molecular weight excluding hydrogens is 218 g/mol. The van der Waals surface area contributed by atoms with Gasteiger partial charge in [-0.05, 0) is 39.2 Å². The van der Waals surface area contributed by atoms with Crippen molar-refractivity contribution in [2.24, 2.45) is 17.4 Å². The number of amides is 2. The number of hydrogen-bond acceptors (Lipinski definition) is 3. The zero-order valence-electron chi connectivity index (χ0n) is 11.1. The SMILES string of the molecule is CC(CCN)CCC(=O)NC(C)(C)CC(N)=O. The highest BCUT2D eigenvalue weighted by atomic mass is 16.2. The first-order chi connectivity index (χ1) is 7.76. The Hall–Kier alpha value is -1.10. The molecule has 1 unspecified atom stereocenters. The Bertz CT molecular complexity index is 264. The van der Waals surface area contributed by atoms with Crippen LogP contribution in [0.15, 0.2) is 0 Å². The van der Waals surface area contributed by atoms with Crippen molar-refractivity contribution in [3.8, 4) is 0 Å². The maximum atomic E-state index is 11.7. The van der Waals surface area contributed by atoms with Gasteiger partial charge in [-0.25, -0.2) is 0 Å². The van der Waals surface area contributed by atoms with Gasteiger partial charge in [0.15, 0.2) is 0 Å². The Balaban J connectivity index is 3.96. The molecule has 5 N–H and O–H groups in total. The fraction of sp³-hybridized carbons (Fsp3) is 0.833. The van der Waals surface area contributed by atoms with Gasteiger partial charge in [0.25, 0.3) is 0 Å². The van der Waals surface area contributed by atoms with Crippen molar-refractivity contribution in [2.45, 2.75) is 52.0 Å². The van der Waals surface area contributed by atoms with E-state index in [9.17, 15) is 9.59 Å². The molecule has 0 fully saturated rings. The van der Waals surface area contributed by atoms with Crippen LogP contribution in [0.1, 0.15) is 46.5 Å². The van der Waals surface area contributed by atoms with E-state index in [4.69, 9.17) is 11.5 Å². The molecule has 0 bridgehead atoms. The minimum Gasteiger partial charge on any atom is -0.370 e. The van der Waals surface area contributed by atoms with E-state index in [1.54, 1.807) is 13.8 Å². The third kappa shape index (κ3) is 8.68. The van der Waals surface area contributed by atoms with Crippen molar-refractivity contribution < 1.29 is 9.59 Å². The zero-order chi connectivity index (χ0) is 13.5. The zero-order valence-corrected chi connectivity index (χ0v) is 11.1. The van der Waals surface area contributed by atoms with Crippen LogP contribution in [0.2, 0.25) is 0 Å². The molecule has 5 heteroatoms. The van der Waals surface area contributed by atoms with E-state index >= 15 is 0 Å². The van der Waals surface area contributed by atoms with Gasteiger partial charge >= 0.3 is 0 Å². The molecule has 0 aromatic carbocycles. The molecule has 0 spiro atoms. The van der Waals surface area contributed by atoms with Crippen molar-refractivity contribution in [1.29, 1.82) is 0 Å². The second-order valence-electron chi connectivity index (χ2n) is 5.30. The molecule has 0 aliphatic rings. The Morgan fingerprint density at radius 2 is 1.88 bits per heavy atom. The summed E-state index contributed by atoms with van der Waals surface area (Å²) >= 11 is 0. The third-order valence-electron chi connectivity index (χ3n) is 2.62. The lowest BCUT2D eigenvalue weighted by Gasteiger charge is -2.25. The normalized spacial score (nSPS) is 13.2. The summed E-state index contributed by atoms with van der Waals surface area (Å²) in [5.41, 5.74) is 9.98. The molecule has 1 atom stereocenters. The minimum atomic E-state index is -0.569. The summed E-state index contributed by atoms with van der Waals surface area (Å²) in [6, 6.07) is 0. The first-order valence-corrected chi connectivity index (χ1v) is 6.06. The van der Waals surface area contributed by atoms with Gasteiger partial charge in [0.05, 0.1) is 0 Å². The van der Waals surface area contributed by atoms with Gasteiger partial charge in [-0.3, -0.25) is 9.59 Å². The molecule has 0 aromatic heterocycles. The molecule has 100 valence electrons. The summed E-state index contributed by atoms with van der Waals surface area (Å²) in [5, 5.41) is 2.81. The molecule has 0 heterocycles. The number of nitrogens with one attached hydrogen (secondary N) is 1. The largest absolute Gasteiger partial charge is 0.370 e. The molecule has 2 amide bonds. The van der Waals surface area contributed by atoms with Crippen molar-refractivity contribution in [3.05, 3.63) is 0 Å². The van der Waals surface area contributed by atoms with Crippen molar-refractivity contribution in [3.63, 3.8) is 0 Å². The Labute approximate surface area is 103 Å². The number of carbonyl (C=O) groups excluding carboxylic acids is 2. The van der Waals surface area contributed by atoms with Gasteiger partial charge in [-0.1, -0.05) is 6.92 Å². The van der Waals surface area contributed by atoms with Crippen LogP contribution in [-0.2, 0) is 9.59 Å². The molecular formula is C12H25N3O2. The predicted molar refractivity (Wildman–Crippen MR) is 68.1 cm³/mol. The van der Waals surface area contributed by atoms with Crippen LogP contribution in [0.4, 0.5) is 0 Å². The van der Waals surface area contributed by atoms with Crippen LogP contribution >= 0.6 is 0 Å². The number of hydrogen-bond donors (Lipinski definition) is 3. The van der Waals surface area contributed by atoms with Crippen LogP contribution in [-0.4, -0.2) is 23.9 Å². The maximum Gasteiger partial charge on any atom is 0.220 e. The van der Waals surface area contributed by atoms with Gasteiger partial charge in [-0.15, -0.1) is 0 Å². The lowest BCUT2D eigenvalue weighted by molar-refractivity contribution is -0.124. The van der Waals surface area contributed by atoms with E-state index < -0.39 is 11.4 Å². The second kappa shape index (κ2) is 7.27. The monoisotopic (exact) mass is 243 g/mol. The van der Waals surface area contributed by atoms with Gasteiger partial charge < -0.3 is 16.8 Å². The smallest absolute Gasteiger partial charge is 0.220 e. The highest BCUT2D eigenvalue weighted by Crippen LogP contribution is 2.11. The third-order valence-corrected chi connectivity index (χ3v) is 2.62. The highest BCUT2D eigenvalue weighted by molar-refractivity contribution is 5.79. The quantitative estimate of drug-likeness (QED) is 0.579. The Kier molecular flexibility index (Phi) is 6.80. The standard InChI is InChI=1S/C12H25N3O2/c1-9(6-7-13)4-5-11(17)15-12(2,3)8-10(14)16/h9H,4-8,13H2,1-3H3,(H2,14,16)(H,15,17). The van der Waals surface area contributed by atoms with Crippen LogP contribution in [0.3, 0.4) is 0 Å². The van der Waals surface area contributed by atoms with Crippen molar-refractivity contribution in [2.75, 3.05) is 6.54 Å². The highest BCUT2D eigenvalue weighted by Gasteiger charge is 2.22. The summed E-state index contributed by atoms with van der Waals surface area (Å²) < 4.78 is 0. The number of carbonyl (C=O) groups is 2. The van der Waals surface area contributed by atoms with Gasteiger partial charge in [0.1, 0.15) is 0 Å². The Morgan fingerprint density at radius 1 is 1.29 bits per heavy atom. The molecule has 0 aliphatic carbocycles. The number of rotatable bonds is 8. The first kappa shape index (κ1) is 15.9. The number of nitrogens with two attached hydrogens (primary N) is 2. The molecule has 0 saturated heterocycles. The van der Waals surface area contributed by atoms with Gasteiger partial charge in [0.2, 0.25) is 11.8 Å². The lowest BCUT2D eigenvalue weighted by atomic mass is 9.98. The fourth-order valence-electron chi connectivity index (χ4n) is 1.73. The average Bonchev–Trinajstić information content (AvgIpc) is 2.12. The minimum absolute atomic E-state index is 0.0416. The maximum absolute atomic E-state index is 11.7. The first-order valence-electron chi connectivity index (χ1n) is 6.06. The van der Waals surface area contributed by atoms with E-state index in [0.29, 0.717) is 18.9 Å². The van der Waals surface area contributed by atoms with Crippen LogP contribution in [0.25, 0.3) is 0 Å². The molecule has 0 radical (unpaired) electrons. The topological polar surface area (TPSA) is 98.2 Å². The van der Waals surface area contributed by atoms with Crippen LogP contribution in [0.5, 0.6) is 0 Å². The molecule has 17 heavy (non-hydrogen) atoms. The molecule has 0 saturated carbocycles. The van der Waals surface area contributed by atoms with Crippen LogP contribution < -0.4 is 16.8 Å². The molecule has 5 nitrogen and oxygen atoms in total. The summed E-state index contributed by atoms with van der Waals surface area (Å²) in [7, 11) is 0. The van der Waals surface area contributed by atoms with E-state index in [1.807, 2.05) is 0 Å². The lowest BCUT2D eigenvalue weighted by Crippen LogP contribution is -2.46.